The molecule has 2 aliphatic rings. The largest absolute Gasteiger partial charge is 0.349 e. The Bertz CT molecular complexity index is 623. The highest BCUT2D eigenvalue weighted by Gasteiger charge is 2.25. The highest BCUT2D eigenvalue weighted by molar-refractivity contribution is 6.34. The molecule has 0 aromatic heterocycles. The summed E-state index contributed by atoms with van der Waals surface area (Å²) in [5.41, 5.74) is 1.02. The molecule has 1 fully saturated rings. The van der Waals surface area contributed by atoms with Crippen molar-refractivity contribution in [1.82, 2.24) is 5.32 Å². The summed E-state index contributed by atoms with van der Waals surface area (Å²) in [5.74, 6) is 0.111. The number of rotatable bonds is 5. The van der Waals surface area contributed by atoms with Crippen LogP contribution in [0.3, 0.4) is 0 Å². The van der Waals surface area contributed by atoms with Gasteiger partial charge in [0, 0.05) is 18.2 Å². The first kappa shape index (κ1) is 15.1. The van der Waals surface area contributed by atoms with Crippen LogP contribution in [-0.4, -0.2) is 17.9 Å². The average molecular weight is 319 g/mol. The molecule has 0 saturated heterocycles. The second kappa shape index (κ2) is 6.53. The standard InChI is InChI=1S/C17H19ClN2O2/c18-15-8-7-13(10-14(15)17(22)20-12-5-6-12)19-16(21)9-11-3-1-2-4-11/h1,3,7-8,10-12H,2,4-6,9H2,(H,19,21)(H,20,22). The number of halogens is 1. The van der Waals surface area contributed by atoms with Gasteiger partial charge in [0.15, 0.2) is 0 Å². The fraction of sp³-hybridized carbons (Fsp3) is 0.412. The molecule has 2 amide bonds. The maximum absolute atomic E-state index is 12.1. The second-order valence-corrected chi connectivity index (χ2v) is 6.37. The molecule has 116 valence electrons. The quantitative estimate of drug-likeness (QED) is 0.816. The van der Waals surface area contributed by atoms with Gasteiger partial charge in [0.2, 0.25) is 5.91 Å². The zero-order valence-corrected chi connectivity index (χ0v) is 13.0. The topological polar surface area (TPSA) is 58.2 Å². The van der Waals surface area contributed by atoms with E-state index >= 15 is 0 Å². The van der Waals surface area contributed by atoms with Crippen LogP contribution < -0.4 is 10.6 Å². The minimum atomic E-state index is -0.178. The van der Waals surface area contributed by atoms with Gasteiger partial charge in [-0.1, -0.05) is 23.8 Å². The molecule has 0 bridgehead atoms. The van der Waals surface area contributed by atoms with Gasteiger partial charge in [-0.15, -0.1) is 0 Å². The molecule has 1 atom stereocenters. The van der Waals surface area contributed by atoms with Crippen molar-refractivity contribution in [1.29, 1.82) is 0 Å². The number of carbonyl (C=O) groups excluding carboxylic acids is 2. The minimum absolute atomic E-state index is 0.0348. The lowest BCUT2D eigenvalue weighted by atomic mass is 10.0. The lowest BCUT2D eigenvalue weighted by molar-refractivity contribution is -0.116. The molecule has 4 nitrogen and oxygen atoms in total. The third kappa shape index (κ3) is 3.89. The van der Waals surface area contributed by atoms with E-state index in [0.717, 1.165) is 25.7 Å². The number of hydrogen-bond donors (Lipinski definition) is 2. The molecule has 3 rings (SSSR count). The predicted molar refractivity (Wildman–Crippen MR) is 87.1 cm³/mol. The maximum atomic E-state index is 12.1. The number of carbonyl (C=O) groups is 2. The molecule has 1 unspecified atom stereocenters. The third-order valence-corrected chi connectivity index (χ3v) is 4.30. The molecule has 0 spiro atoms. The summed E-state index contributed by atoms with van der Waals surface area (Å²) in [6.45, 7) is 0. The van der Waals surface area contributed by atoms with Crippen LogP contribution in [0.4, 0.5) is 5.69 Å². The Kier molecular flexibility index (Phi) is 4.48. The van der Waals surface area contributed by atoms with Crippen molar-refractivity contribution in [2.24, 2.45) is 5.92 Å². The normalized spacial score (nSPS) is 20.0. The van der Waals surface area contributed by atoms with E-state index in [0.29, 0.717) is 28.6 Å². The molecule has 5 heteroatoms. The molecule has 0 heterocycles. The Morgan fingerprint density at radius 1 is 1.23 bits per heavy atom. The molecule has 1 saturated carbocycles. The molecular formula is C17H19ClN2O2. The van der Waals surface area contributed by atoms with Gasteiger partial charge < -0.3 is 10.6 Å². The first-order chi connectivity index (χ1) is 10.6. The van der Waals surface area contributed by atoms with Gasteiger partial charge in [-0.3, -0.25) is 9.59 Å². The number of benzene rings is 1. The van der Waals surface area contributed by atoms with Gasteiger partial charge in [0.25, 0.3) is 5.91 Å². The van der Waals surface area contributed by atoms with Gasteiger partial charge in [-0.25, -0.2) is 0 Å². The Morgan fingerprint density at radius 3 is 2.73 bits per heavy atom. The lowest BCUT2D eigenvalue weighted by Crippen LogP contribution is -2.25. The van der Waals surface area contributed by atoms with E-state index in [4.69, 9.17) is 11.6 Å². The maximum Gasteiger partial charge on any atom is 0.253 e. The van der Waals surface area contributed by atoms with Gasteiger partial charge >= 0.3 is 0 Å². The van der Waals surface area contributed by atoms with Crippen LogP contribution >= 0.6 is 11.6 Å². The van der Waals surface area contributed by atoms with Crippen molar-refractivity contribution < 1.29 is 9.59 Å². The fourth-order valence-electron chi connectivity index (χ4n) is 2.58. The Balaban J connectivity index is 1.64. The van der Waals surface area contributed by atoms with Gasteiger partial charge in [-0.05, 0) is 49.8 Å². The molecule has 1 aromatic rings. The summed E-state index contributed by atoms with van der Waals surface area (Å²) in [7, 11) is 0. The van der Waals surface area contributed by atoms with Crippen molar-refractivity contribution >= 4 is 29.1 Å². The fourth-order valence-corrected chi connectivity index (χ4v) is 2.79. The van der Waals surface area contributed by atoms with Crippen LogP contribution in [-0.2, 0) is 4.79 Å². The highest BCUT2D eigenvalue weighted by atomic mass is 35.5. The van der Waals surface area contributed by atoms with E-state index < -0.39 is 0 Å². The molecule has 0 radical (unpaired) electrons. The van der Waals surface area contributed by atoms with E-state index in [1.165, 1.54) is 0 Å². The summed E-state index contributed by atoms with van der Waals surface area (Å²) in [6.07, 6.45) is 8.80. The SMILES string of the molecule is O=C(CC1C=CCC1)Nc1ccc(Cl)c(C(=O)NC2CC2)c1. The first-order valence-electron chi connectivity index (χ1n) is 7.69. The smallest absolute Gasteiger partial charge is 0.253 e. The van der Waals surface area contributed by atoms with Crippen molar-refractivity contribution in [3.05, 3.63) is 40.9 Å². The van der Waals surface area contributed by atoms with Crippen molar-refractivity contribution in [2.45, 2.75) is 38.1 Å². The van der Waals surface area contributed by atoms with Crippen molar-refractivity contribution in [3.8, 4) is 0 Å². The van der Waals surface area contributed by atoms with E-state index in [1.54, 1.807) is 18.2 Å². The lowest BCUT2D eigenvalue weighted by Gasteiger charge is -2.11. The van der Waals surface area contributed by atoms with E-state index in [2.05, 4.69) is 22.8 Å². The molecule has 0 aliphatic heterocycles. The third-order valence-electron chi connectivity index (χ3n) is 3.97. The molecule has 2 aliphatic carbocycles. The molecule has 1 aromatic carbocycles. The summed E-state index contributed by atoms with van der Waals surface area (Å²) >= 11 is 6.09. The first-order valence-corrected chi connectivity index (χ1v) is 8.06. The Hall–Kier alpha value is -1.81. The van der Waals surface area contributed by atoms with E-state index in [9.17, 15) is 9.59 Å². The molecular weight excluding hydrogens is 300 g/mol. The number of amides is 2. The van der Waals surface area contributed by atoms with Crippen molar-refractivity contribution in [2.75, 3.05) is 5.32 Å². The molecule has 22 heavy (non-hydrogen) atoms. The number of hydrogen-bond acceptors (Lipinski definition) is 2. The van der Waals surface area contributed by atoms with Crippen molar-refractivity contribution in [3.63, 3.8) is 0 Å². The van der Waals surface area contributed by atoms with Gasteiger partial charge in [-0.2, -0.15) is 0 Å². The van der Waals surface area contributed by atoms with Crippen LogP contribution in [0.1, 0.15) is 42.5 Å². The number of anilines is 1. The monoisotopic (exact) mass is 318 g/mol. The van der Waals surface area contributed by atoms with Crippen LogP contribution in [0.25, 0.3) is 0 Å². The summed E-state index contributed by atoms with van der Waals surface area (Å²) in [4.78, 5) is 24.2. The Labute approximate surface area is 134 Å². The Morgan fingerprint density at radius 2 is 2.05 bits per heavy atom. The van der Waals surface area contributed by atoms with Gasteiger partial charge in [0.1, 0.15) is 0 Å². The second-order valence-electron chi connectivity index (χ2n) is 5.96. The minimum Gasteiger partial charge on any atom is -0.349 e. The summed E-state index contributed by atoms with van der Waals surface area (Å²) in [5, 5.41) is 6.15. The summed E-state index contributed by atoms with van der Waals surface area (Å²) in [6, 6.07) is 5.28. The molecule has 2 N–H and O–H groups in total. The summed E-state index contributed by atoms with van der Waals surface area (Å²) < 4.78 is 0. The zero-order valence-electron chi connectivity index (χ0n) is 12.3. The number of allylic oxidation sites excluding steroid dienone is 2. The van der Waals surface area contributed by atoms with Crippen LogP contribution in [0.5, 0.6) is 0 Å². The van der Waals surface area contributed by atoms with Crippen LogP contribution in [0.15, 0.2) is 30.4 Å². The van der Waals surface area contributed by atoms with E-state index in [-0.39, 0.29) is 17.9 Å². The van der Waals surface area contributed by atoms with Gasteiger partial charge in [0.05, 0.1) is 10.6 Å². The van der Waals surface area contributed by atoms with E-state index in [1.807, 2.05) is 0 Å². The van der Waals surface area contributed by atoms with Crippen LogP contribution in [0, 0.1) is 5.92 Å². The van der Waals surface area contributed by atoms with Crippen LogP contribution in [0.2, 0.25) is 5.02 Å². The highest BCUT2D eigenvalue weighted by Crippen LogP contribution is 2.25. The zero-order chi connectivity index (χ0) is 15.5. The predicted octanol–water partition coefficient (Wildman–Crippen LogP) is 3.53. The average Bonchev–Trinajstić information content (AvgIpc) is 3.14. The number of nitrogens with one attached hydrogen (secondary N) is 2.